The summed E-state index contributed by atoms with van der Waals surface area (Å²) in [6.07, 6.45) is -0.0181. The number of para-hydroxylation sites is 1. The predicted molar refractivity (Wildman–Crippen MR) is 72.2 cm³/mol. The number of hydrogen-bond acceptors (Lipinski definition) is 3. The molecule has 2 aromatic rings. The molecule has 0 aliphatic carbocycles. The highest BCUT2D eigenvalue weighted by atomic mass is 16.5. The first-order valence-electron chi connectivity index (χ1n) is 5.95. The minimum absolute atomic E-state index is 0.0181. The molecule has 0 atom stereocenters. The normalized spacial score (nSPS) is 10.2. The first-order chi connectivity index (χ1) is 9.19. The molecule has 4 nitrogen and oxygen atoms in total. The fraction of sp³-hybridized carbons (Fsp3) is 0.133. The molecule has 0 spiro atoms. The van der Waals surface area contributed by atoms with Crippen LogP contribution in [0, 0.1) is 0 Å². The van der Waals surface area contributed by atoms with E-state index in [1.807, 2.05) is 24.3 Å². The van der Waals surface area contributed by atoms with Crippen molar-refractivity contribution in [2.45, 2.75) is 13.0 Å². The summed E-state index contributed by atoms with van der Waals surface area (Å²) in [6.45, 7) is 0.394. The minimum Gasteiger partial charge on any atom is -0.481 e. The first-order valence-corrected chi connectivity index (χ1v) is 5.95. The van der Waals surface area contributed by atoms with E-state index in [1.165, 1.54) is 0 Å². The maximum absolute atomic E-state index is 10.7. The topological polar surface area (TPSA) is 72.5 Å². The predicted octanol–water partition coefficient (Wildman–Crippen LogP) is 2.56. The van der Waals surface area contributed by atoms with E-state index in [0.717, 1.165) is 5.56 Å². The van der Waals surface area contributed by atoms with Crippen LogP contribution < -0.4 is 10.5 Å². The third-order valence-electron chi connectivity index (χ3n) is 2.67. The first kappa shape index (κ1) is 13.1. The molecule has 0 aliphatic rings. The monoisotopic (exact) mass is 257 g/mol. The average molecular weight is 257 g/mol. The summed E-state index contributed by atoms with van der Waals surface area (Å²) in [5.74, 6) is 0.441. The van der Waals surface area contributed by atoms with Gasteiger partial charge in [-0.1, -0.05) is 30.3 Å². The lowest BCUT2D eigenvalue weighted by molar-refractivity contribution is -0.136. The van der Waals surface area contributed by atoms with E-state index in [4.69, 9.17) is 15.6 Å². The Morgan fingerprint density at radius 3 is 2.68 bits per heavy atom. The van der Waals surface area contributed by atoms with E-state index in [0.29, 0.717) is 23.6 Å². The van der Waals surface area contributed by atoms with E-state index >= 15 is 0 Å². The van der Waals surface area contributed by atoms with Gasteiger partial charge in [-0.2, -0.15) is 0 Å². The molecule has 19 heavy (non-hydrogen) atoms. The van der Waals surface area contributed by atoms with Crippen molar-refractivity contribution in [3.8, 4) is 11.5 Å². The molecule has 2 aromatic carbocycles. The Morgan fingerprint density at radius 2 is 1.95 bits per heavy atom. The lowest BCUT2D eigenvalue weighted by atomic mass is 10.1. The third kappa shape index (κ3) is 3.56. The molecule has 0 aromatic heterocycles. The summed E-state index contributed by atoms with van der Waals surface area (Å²) in [7, 11) is 0. The number of benzene rings is 2. The molecule has 0 amide bonds. The van der Waals surface area contributed by atoms with Crippen LogP contribution in [0.15, 0.2) is 48.5 Å². The Bertz CT molecular complexity index is 581. The number of hydrogen-bond donors (Lipinski definition) is 2. The van der Waals surface area contributed by atoms with E-state index in [9.17, 15) is 4.79 Å². The van der Waals surface area contributed by atoms with Crippen LogP contribution in [0.1, 0.15) is 11.1 Å². The van der Waals surface area contributed by atoms with Crippen LogP contribution in [0.4, 0.5) is 0 Å². The van der Waals surface area contributed by atoms with Crippen molar-refractivity contribution < 1.29 is 14.6 Å². The molecule has 98 valence electrons. The van der Waals surface area contributed by atoms with Crippen LogP contribution in [0.5, 0.6) is 11.5 Å². The zero-order valence-corrected chi connectivity index (χ0v) is 10.4. The Balaban J connectivity index is 2.21. The van der Waals surface area contributed by atoms with Crippen LogP contribution in [0.25, 0.3) is 0 Å². The SMILES string of the molecule is NCc1ccccc1Oc1cccc(CC(=O)O)c1. The van der Waals surface area contributed by atoms with Gasteiger partial charge in [0.25, 0.3) is 0 Å². The molecule has 0 bridgehead atoms. The fourth-order valence-corrected chi connectivity index (χ4v) is 1.79. The van der Waals surface area contributed by atoms with Crippen LogP contribution in [-0.2, 0) is 17.8 Å². The highest BCUT2D eigenvalue weighted by Crippen LogP contribution is 2.25. The number of carbonyl (C=O) groups is 1. The number of carboxylic acid groups (broad SMARTS) is 1. The Kier molecular flexibility index (Phi) is 4.15. The molecule has 0 aliphatic heterocycles. The number of nitrogens with two attached hydrogens (primary N) is 1. The van der Waals surface area contributed by atoms with Crippen LogP contribution in [0.2, 0.25) is 0 Å². The van der Waals surface area contributed by atoms with E-state index in [2.05, 4.69) is 0 Å². The zero-order chi connectivity index (χ0) is 13.7. The van der Waals surface area contributed by atoms with Gasteiger partial charge in [-0.25, -0.2) is 0 Å². The summed E-state index contributed by atoms with van der Waals surface area (Å²) in [6, 6.07) is 14.6. The van der Waals surface area contributed by atoms with E-state index in [1.54, 1.807) is 24.3 Å². The van der Waals surface area contributed by atoms with Gasteiger partial charge in [0.1, 0.15) is 11.5 Å². The second-order valence-corrected chi connectivity index (χ2v) is 4.13. The molecular formula is C15H15NO3. The smallest absolute Gasteiger partial charge is 0.307 e. The highest BCUT2D eigenvalue weighted by molar-refractivity contribution is 5.70. The highest BCUT2D eigenvalue weighted by Gasteiger charge is 2.05. The van der Waals surface area contributed by atoms with Gasteiger partial charge in [-0.15, -0.1) is 0 Å². The molecule has 0 unspecified atom stereocenters. The van der Waals surface area contributed by atoms with Crippen LogP contribution >= 0.6 is 0 Å². The van der Waals surface area contributed by atoms with Crippen molar-refractivity contribution in [1.29, 1.82) is 0 Å². The molecule has 4 heteroatoms. The molecule has 0 saturated carbocycles. The molecule has 0 radical (unpaired) electrons. The number of carboxylic acids is 1. The lowest BCUT2D eigenvalue weighted by Gasteiger charge is -2.10. The van der Waals surface area contributed by atoms with E-state index in [-0.39, 0.29) is 6.42 Å². The second kappa shape index (κ2) is 6.02. The Morgan fingerprint density at radius 1 is 1.16 bits per heavy atom. The fourth-order valence-electron chi connectivity index (χ4n) is 1.79. The van der Waals surface area contributed by atoms with Crippen LogP contribution in [-0.4, -0.2) is 11.1 Å². The molecule has 0 fully saturated rings. The molecule has 0 heterocycles. The van der Waals surface area contributed by atoms with Crippen molar-refractivity contribution in [2.24, 2.45) is 5.73 Å². The van der Waals surface area contributed by atoms with Gasteiger partial charge >= 0.3 is 5.97 Å². The third-order valence-corrected chi connectivity index (χ3v) is 2.67. The molecule has 2 rings (SSSR count). The minimum atomic E-state index is -0.862. The summed E-state index contributed by atoms with van der Waals surface area (Å²) in [5, 5.41) is 8.77. The van der Waals surface area contributed by atoms with E-state index < -0.39 is 5.97 Å². The summed E-state index contributed by atoms with van der Waals surface area (Å²) < 4.78 is 5.75. The number of ether oxygens (including phenoxy) is 1. The van der Waals surface area contributed by atoms with Gasteiger partial charge in [0.05, 0.1) is 6.42 Å². The molecule has 0 saturated heterocycles. The van der Waals surface area contributed by atoms with Gasteiger partial charge < -0.3 is 15.6 Å². The van der Waals surface area contributed by atoms with Gasteiger partial charge in [0, 0.05) is 12.1 Å². The van der Waals surface area contributed by atoms with Crippen molar-refractivity contribution in [1.82, 2.24) is 0 Å². The summed E-state index contributed by atoms with van der Waals surface area (Å²) in [5.41, 5.74) is 7.25. The second-order valence-electron chi connectivity index (χ2n) is 4.13. The maximum Gasteiger partial charge on any atom is 0.307 e. The van der Waals surface area contributed by atoms with Gasteiger partial charge in [-0.05, 0) is 23.8 Å². The number of rotatable bonds is 5. The lowest BCUT2D eigenvalue weighted by Crippen LogP contribution is -2.01. The summed E-state index contributed by atoms with van der Waals surface area (Å²) >= 11 is 0. The van der Waals surface area contributed by atoms with Gasteiger partial charge in [0.15, 0.2) is 0 Å². The van der Waals surface area contributed by atoms with Crippen molar-refractivity contribution >= 4 is 5.97 Å². The quantitative estimate of drug-likeness (QED) is 0.863. The van der Waals surface area contributed by atoms with Crippen molar-refractivity contribution in [3.63, 3.8) is 0 Å². The largest absolute Gasteiger partial charge is 0.481 e. The van der Waals surface area contributed by atoms with Crippen molar-refractivity contribution in [2.75, 3.05) is 0 Å². The van der Waals surface area contributed by atoms with Gasteiger partial charge in [-0.3, -0.25) is 4.79 Å². The molecular weight excluding hydrogens is 242 g/mol. The standard InChI is InChI=1S/C15H15NO3/c16-10-12-5-1-2-7-14(12)19-13-6-3-4-11(8-13)9-15(17)18/h1-8H,9-10,16H2,(H,17,18). The summed E-state index contributed by atoms with van der Waals surface area (Å²) in [4.78, 5) is 10.7. The Labute approximate surface area is 111 Å². The Hall–Kier alpha value is -2.33. The molecule has 3 N–H and O–H groups in total. The van der Waals surface area contributed by atoms with Crippen LogP contribution in [0.3, 0.4) is 0 Å². The average Bonchev–Trinajstić information content (AvgIpc) is 2.39. The number of aliphatic carboxylic acids is 1. The zero-order valence-electron chi connectivity index (χ0n) is 10.4. The van der Waals surface area contributed by atoms with Crippen molar-refractivity contribution in [3.05, 3.63) is 59.7 Å². The maximum atomic E-state index is 10.7. The van der Waals surface area contributed by atoms with Gasteiger partial charge in [0.2, 0.25) is 0 Å².